The van der Waals surface area contributed by atoms with Crippen LogP contribution < -0.4 is 0 Å². The monoisotopic (exact) mass is 294 g/mol. The predicted molar refractivity (Wildman–Crippen MR) is 81.7 cm³/mol. The van der Waals surface area contributed by atoms with Gasteiger partial charge in [-0.15, -0.1) is 0 Å². The molecule has 1 atom stereocenters. The van der Waals surface area contributed by atoms with E-state index in [4.69, 9.17) is 14.2 Å². The molecular formula is C17H26O4. The maximum atomic E-state index is 12.4. The number of hydrogen-bond acceptors (Lipinski definition) is 4. The van der Waals surface area contributed by atoms with Crippen LogP contribution in [0.4, 0.5) is 0 Å². The van der Waals surface area contributed by atoms with Gasteiger partial charge in [0.1, 0.15) is 12.5 Å². The third-order valence-electron chi connectivity index (χ3n) is 3.80. The smallest absolute Gasteiger partial charge is 0.314 e. The van der Waals surface area contributed by atoms with Crippen LogP contribution >= 0.6 is 0 Å². The zero-order valence-electron chi connectivity index (χ0n) is 13.4. The first-order chi connectivity index (χ1) is 10.1. The average Bonchev–Trinajstić information content (AvgIpc) is 2.53. The van der Waals surface area contributed by atoms with Crippen molar-refractivity contribution in [1.82, 2.24) is 0 Å². The van der Waals surface area contributed by atoms with Gasteiger partial charge in [0.05, 0.1) is 0 Å². The second kappa shape index (κ2) is 8.80. The Hall–Kier alpha value is -1.39. The Morgan fingerprint density at radius 1 is 1.19 bits per heavy atom. The molecule has 118 valence electrons. The number of methoxy groups -OCH3 is 2. The van der Waals surface area contributed by atoms with Crippen molar-refractivity contribution >= 4 is 5.97 Å². The lowest BCUT2D eigenvalue weighted by Crippen LogP contribution is -2.44. The van der Waals surface area contributed by atoms with E-state index in [1.807, 2.05) is 30.3 Å². The molecular weight excluding hydrogens is 268 g/mol. The SMILES string of the molecule is CCCCC(C(=O)OCc1ccccc1)C(C)(OC)OC. The zero-order valence-corrected chi connectivity index (χ0v) is 13.4. The van der Waals surface area contributed by atoms with E-state index in [2.05, 4.69) is 6.92 Å². The van der Waals surface area contributed by atoms with Gasteiger partial charge in [0.15, 0.2) is 5.79 Å². The van der Waals surface area contributed by atoms with Crippen LogP contribution in [0.5, 0.6) is 0 Å². The van der Waals surface area contributed by atoms with Gasteiger partial charge in [0.25, 0.3) is 0 Å². The summed E-state index contributed by atoms with van der Waals surface area (Å²) in [4.78, 5) is 12.4. The molecule has 1 aromatic carbocycles. The molecule has 0 aromatic heterocycles. The first-order valence-electron chi connectivity index (χ1n) is 7.38. The highest BCUT2D eigenvalue weighted by molar-refractivity contribution is 5.73. The van der Waals surface area contributed by atoms with Crippen LogP contribution in [0.3, 0.4) is 0 Å². The summed E-state index contributed by atoms with van der Waals surface area (Å²) < 4.78 is 16.2. The van der Waals surface area contributed by atoms with Crippen LogP contribution in [-0.4, -0.2) is 26.0 Å². The molecule has 0 N–H and O–H groups in total. The lowest BCUT2D eigenvalue weighted by atomic mass is 9.93. The molecule has 1 aromatic rings. The molecule has 0 aliphatic heterocycles. The molecule has 0 heterocycles. The molecule has 0 saturated heterocycles. The van der Waals surface area contributed by atoms with Crippen LogP contribution in [-0.2, 0) is 25.6 Å². The summed E-state index contributed by atoms with van der Waals surface area (Å²) in [7, 11) is 3.10. The molecule has 4 heteroatoms. The molecule has 4 nitrogen and oxygen atoms in total. The van der Waals surface area contributed by atoms with Crippen LogP contribution in [0.2, 0.25) is 0 Å². The Morgan fingerprint density at radius 3 is 2.33 bits per heavy atom. The van der Waals surface area contributed by atoms with Gasteiger partial charge in [0.2, 0.25) is 0 Å². The van der Waals surface area contributed by atoms with Gasteiger partial charge in [-0.05, 0) is 18.9 Å². The summed E-state index contributed by atoms with van der Waals surface area (Å²) in [6, 6.07) is 9.64. The van der Waals surface area contributed by atoms with Gasteiger partial charge >= 0.3 is 5.97 Å². The number of carbonyl (C=O) groups is 1. The number of rotatable bonds is 9. The molecule has 0 radical (unpaired) electrons. The minimum Gasteiger partial charge on any atom is -0.460 e. The minimum atomic E-state index is -0.955. The van der Waals surface area contributed by atoms with Crippen LogP contribution in [0.1, 0.15) is 38.7 Å². The first kappa shape index (κ1) is 17.7. The Morgan fingerprint density at radius 2 is 1.81 bits per heavy atom. The topological polar surface area (TPSA) is 44.8 Å². The van der Waals surface area contributed by atoms with Crippen molar-refractivity contribution in [3.63, 3.8) is 0 Å². The number of unbranched alkanes of at least 4 members (excludes halogenated alkanes) is 1. The van der Waals surface area contributed by atoms with Gasteiger partial charge < -0.3 is 14.2 Å². The third kappa shape index (κ3) is 5.14. The van der Waals surface area contributed by atoms with E-state index in [1.54, 1.807) is 21.1 Å². The van der Waals surface area contributed by atoms with E-state index in [0.717, 1.165) is 18.4 Å². The van der Waals surface area contributed by atoms with Crippen LogP contribution in [0.15, 0.2) is 30.3 Å². The van der Waals surface area contributed by atoms with Crippen molar-refractivity contribution < 1.29 is 19.0 Å². The molecule has 21 heavy (non-hydrogen) atoms. The molecule has 0 fully saturated rings. The molecule has 0 saturated carbocycles. The standard InChI is InChI=1S/C17H26O4/c1-5-6-12-15(17(2,19-3)20-4)16(18)21-13-14-10-8-7-9-11-14/h7-11,15H,5-6,12-13H2,1-4H3. The Bertz CT molecular complexity index is 412. The van der Waals surface area contributed by atoms with E-state index < -0.39 is 11.7 Å². The van der Waals surface area contributed by atoms with E-state index in [1.165, 1.54) is 0 Å². The molecule has 0 aliphatic rings. The highest BCUT2D eigenvalue weighted by Crippen LogP contribution is 2.28. The van der Waals surface area contributed by atoms with Crippen molar-refractivity contribution in [2.24, 2.45) is 5.92 Å². The number of ether oxygens (including phenoxy) is 3. The first-order valence-corrected chi connectivity index (χ1v) is 7.38. The van der Waals surface area contributed by atoms with E-state index in [-0.39, 0.29) is 12.6 Å². The summed E-state index contributed by atoms with van der Waals surface area (Å²) in [6.07, 6.45) is 2.61. The normalized spacial score (nSPS) is 13.0. The average molecular weight is 294 g/mol. The molecule has 0 bridgehead atoms. The quantitative estimate of drug-likeness (QED) is 0.516. The molecule has 0 amide bonds. The van der Waals surface area contributed by atoms with E-state index >= 15 is 0 Å². The van der Waals surface area contributed by atoms with Crippen LogP contribution in [0, 0.1) is 5.92 Å². The summed E-state index contributed by atoms with van der Waals surface area (Å²) >= 11 is 0. The number of hydrogen-bond donors (Lipinski definition) is 0. The maximum absolute atomic E-state index is 12.4. The lowest BCUT2D eigenvalue weighted by molar-refractivity contribution is -0.234. The number of carbonyl (C=O) groups excluding carboxylic acids is 1. The summed E-state index contributed by atoms with van der Waals surface area (Å²) in [6.45, 7) is 4.13. The van der Waals surface area contributed by atoms with Crippen molar-refractivity contribution in [2.75, 3.05) is 14.2 Å². The van der Waals surface area contributed by atoms with Gasteiger partial charge in [-0.3, -0.25) is 4.79 Å². The molecule has 1 unspecified atom stereocenters. The highest BCUT2D eigenvalue weighted by Gasteiger charge is 2.40. The minimum absolute atomic E-state index is 0.270. The zero-order chi connectivity index (χ0) is 15.7. The Labute approximate surface area is 127 Å². The largest absolute Gasteiger partial charge is 0.460 e. The van der Waals surface area contributed by atoms with Crippen molar-refractivity contribution in [2.45, 2.75) is 45.5 Å². The fourth-order valence-electron chi connectivity index (χ4n) is 2.20. The van der Waals surface area contributed by atoms with Gasteiger partial charge in [-0.25, -0.2) is 0 Å². The lowest BCUT2D eigenvalue weighted by Gasteiger charge is -2.33. The summed E-state index contributed by atoms with van der Waals surface area (Å²) in [5, 5.41) is 0. The van der Waals surface area contributed by atoms with E-state index in [0.29, 0.717) is 6.42 Å². The second-order valence-corrected chi connectivity index (χ2v) is 5.21. The number of benzene rings is 1. The van der Waals surface area contributed by atoms with Gasteiger partial charge in [0, 0.05) is 14.2 Å². The fraction of sp³-hybridized carbons (Fsp3) is 0.588. The third-order valence-corrected chi connectivity index (χ3v) is 3.80. The number of esters is 1. The van der Waals surface area contributed by atoms with Crippen molar-refractivity contribution in [3.05, 3.63) is 35.9 Å². The second-order valence-electron chi connectivity index (χ2n) is 5.21. The Balaban J connectivity index is 2.71. The van der Waals surface area contributed by atoms with Gasteiger partial charge in [-0.2, -0.15) is 0 Å². The Kier molecular flexibility index (Phi) is 7.40. The predicted octanol–water partition coefficient (Wildman–Crippen LogP) is 3.55. The summed E-state index contributed by atoms with van der Waals surface area (Å²) in [5.41, 5.74) is 0.969. The fourth-order valence-corrected chi connectivity index (χ4v) is 2.20. The molecule has 0 spiro atoms. The molecule has 0 aliphatic carbocycles. The van der Waals surface area contributed by atoms with Crippen LogP contribution in [0.25, 0.3) is 0 Å². The summed E-state index contributed by atoms with van der Waals surface area (Å²) in [5.74, 6) is -1.67. The molecule has 1 rings (SSSR count). The van der Waals surface area contributed by atoms with Crippen molar-refractivity contribution in [1.29, 1.82) is 0 Å². The van der Waals surface area contributed by atoms with Crippen molar-refractivity contribution in [3.8, 4) is 0 Å². The highest BCUT2D eigenvalue weighted by atomic mass is 16.7. The maximum Gasteiger partial charge on any atom is 0.314 e. The van der Waals surface area contributed by atoms with Gasteiger partial charge in [-0.1, -0.05) is 50.1 Å². The van der Waals surface area contributed by atoms with E-state index in [9.17, 15) is 4.79 Å².